The van der Waals surface area contributed by atoms with Crippen LogP contribution in [-0.4, -0.2) is 23.7 Å². The average Bonchev–Trinajstić information content (AvgIpc) is 2.62. The van der Waals surface area contributed by atoms with E-state index < -0.39 is 4.92 Å². The number of rotatable bonds is 8. The minimum absolute atomic E-state index is 0.00175. The van der Waals surface area contributed by atoms with Crippen LogP contribution >= 0.6 is 0 Å². The molecular formula is C19H21N3O4. The molecule has 0 saturated carbocycles. The van der Waals surface area contributed by atoms with E-state index >= 15 is 0 Å². The number of hydrazone groups is 1. The summed E-state index contributed by atoms with van der Waals surface area (Å²) in [4.78, 5) is 22.2. The van der Waals surface area contributed by atoms with E-state index in [1.807, 2.05) is 0 Å². The number of nitrogens with one attached hydrogen (secondary N) is 1. The van der Waals surface area contributed by atoms with Crippen LogP contribution < -0.4 is 10.2 Å². The summed E-state index contributed by atoms with van der Waals surface area (Å²) < 4.78 is 5.61. The molecule has 0 aliphatic rings. The van der Waals surface area contributed by atoms with Crippen LogP contribution in [0, 0.1) is 16.0 Å². The molecule has 136 valence electrons. The summed E-state index contributed by atoms with van der Waals surface area (Å²) in [6, 6.07) is 12.7. The number of ether oxygens (including phenoxy) is 1. The van der Waals surface area contributed by atoms with Crippen molar-refractivity contribution in [2.45, 2.75) is 20.3 Å². The standard InChI is InChI=1S/C19H21N3O4/c1-14(2)11-12-26-18-9-5-16(6-10-18)19(23)21-20-13-15-3-7-17(8-4-15)22(24)25/h3-10,13-14H,11-12H2,1-2H3,(H,21,23)/b20-13-. The summed E-state index contributed by atoms with van der Waals surface area (Å²) in [5.74, 6) is 0.946. The van der Waals surface area contributed by atoms with Gasteiger partial charge in [0.05, 0.1) is 17.7 Å². The van der Waals surface area contributed by atoms with Crippen molar-refractivity contribution >= 4 is 17.8 Å². The lowest BCUT2D eigenvalue weighted by molar-refractivity contribution is -0.384. The van der Waals surface area contributed by atoms with E-state index in [9.17, 15) is 14.9 Å². The van der Waals surface area contributed by atoms with Crippen LogP contribution in [0.3, 0.4) is 0 Å². The van der Waals surface area contributed by atoms with Crippen molar-refractivity contribution in [1.29, 1.82) is 0 Å². The number of non-ortho nitro benzene ring substituents is 1. The molecule has 0 spiro atoms. The quantitative estimate of drug-likeness (QED) is 0.443. The van der Waals surface area contributed by atoms with E-state index in [2.05, 4.69) is 24.4 Å². The topological polar surface area (TPSA) is 93.8 Å². The van der Waals surface area contributed by atoms with Gasteiger partial charge in [0.1, 0.15) is 5.75 Å². The highest BCUT2D eigenvalue weighted by molar-refractivity contribution is 5.95. The fourth-order valence-corrected chi connectivity index (χ4v) is 2.03. The Balaban J connectivity index is 1.86. The van der Waals surface area contributed by atoms with E-state index in [0.29, 0.717) is 23.7 Å². The Bertz CT molecular complexity index is 768. The Morgan fingerprint density at radius 1 is 1.19 bits per heavy atom. The summed E-state index contributed by atoms with van der Waals surface area (Å²) in [5.41, 5.74) is 3.52. The molecule has 2 aromatic carbocycles. The normalized spacial score (nSPS) is 10.9. The molecule has 0 aromatic heterocycles. The average molecular weight is 355 g/mol. The Kier molecular flexibility index (Phi) is 6.84. The number of carbonyl (C=O) groups is 1. The number of nitrogens with zero attached hydrogens (tertiary/aromatic N) is 2. The molecular weight excluding hydrogens is 334 g/mol. The van der Waals surface area contributed by atoms with Gasteiger partial charge in [-0.3, -0.25) is 14.9 Å². The van der Waals surface area contributed by atoms with Crippen molar-refractivity contribution in [2.24, 2.45) is 11.0 Å². The van der Waals surface area contributed by atoms with Gasteiger partial charge < -0.3 is 4.74 Å². The molecule has 7 heteroatoms. The van der Waals surface area contributed by atoms with Crippen molar-refractivity contribution in [3.05, 3.63) is 69.8 Å². The summed E-state index contributed by atoms with van der Waals surface area (Å²) >= 11 is 0. The highest BCUT2D eigenvalue weighted by atomic mass is 16.6. The first kappa shape index (κ1) is 19.1. The van der Waals surface area contributed by atoms with Crippen molar-refractivity contribution < 1.29 is 14.5 Å². The predicted molar refractivity (Wildman–Crippen MR) is 99.5 cm³/mol. The molecule has 0 heterocycles. The molecule has 0 fully saturated rings. The number of hydrogen-bond acceptors (Lipinski definition) is 5. The molecule has 0 bridgehead atoms. The Hall–Kier alpha value is -3.22. The monoisotopic (exact) mass is 355 g/mol. The van der Waals surface area contributed by atoms with Gasteiger partial charge in [-0.25, -0.2) is 5.43 Å². The van der Waals surface area contributed by atoms with Crippen molar-refractivity contribution in [3.63, 3.8) is 0 Å². The minimum Gasteiger partial charge on any atom is -0.494 e. The van der Waals surface area contributed by atoms with Crippen LogP contribution in [0.15, 0.2) is 53.6 Å². The van der Waals surface area contributed by atoms with Crippen LogP contribution in [0.2, 0.25) is 0 Å². The lowest BCUT2D eigenvalue weighted by Crippen LogP contribution is -2.17. The first-order valence-corrected chi connectivity index (χ1v) is 8.26. The lowest BCUT2D eigenvalue weighted by atomic mass is 10.1. The molecule has 0 aliphatic carbocycles. The zero-order valence-electron chi connectivity index (χ0n) is 14.7. The maximum absolute atomic E-state index is 12.0. The number of benzene rings is 2. The van der Waals surface area contributed by atoms with Crippen LogP contribution in [0.25, 0.3) is 0 Å². The van der Waals surface area contributed by atoms with Gasteiger partial charge in [-0.15, -0.1) is 0 Å². The van der Waals surface area contributed by atoms with Gasteiger partial charge in [0.25, 0.3) is 11.6 Å². The second kappa shape index (κ2) is 9.31. The highest BCUT2D eigenvalue weighted by Gasteiger charge is 2.05. The molecule has 0 unspecified atom stereocenters. The van der Waals surface area contributed by atoms with Gasteiger partial charge >= 0.3 is 0 Å². The van der Waals surface area contributed by atoms with Gasteiger partial charge in [0.15, 0.2) is 0 Å². The van der Waals surface area contributed by atoms with Gasteiger partial charge in [-0.05, 0) is 54.3 Å². The zero-order chi connectivity index (χ0) is 18.9. The molecule has 2 aromatic rings. The number of amides is 1. The van der Waals surface area contributed by atoms with Gasteiger partial charge in [-0.1, -0.05) is 13.8 Å². The maximum atomic E-state index is 12.0. The molecule has 0 atom stereocenters. The molecule has 2 rings (SSSR count). The third kappa shape index (κ3) is 6.01. The number of carbonyl (C=O) groups excluding carboxylic acids is 1. The molecule has 0 radical (unpaired) electrons. The third-order valence-corrected chi connectivity index (χ3v) is 3.56. The van der Waals surface area contributed by atoms with E-state index in [0.717, 1.165) is 12.2 Å². The Labute approximate surface area is 151 Å². The summed E-state index contributed by atoms with van der Waals surface area (Å²) in [6.45, 7) is 4.91. The zero-order valence-corrected chi connectivity index (χ0v) is 14.7. The van der Waals surface area contributed by atoms with Crippen molar-refractivity contribution in [2.75, 3.05) is 6.61 Å². The lowest BCUT2D eigenvalue weighted by Gasteiger charge is -2.08. The number of hydrogen-bond donors (Lipinski definition) is 1. The van der Waals surface area contributed by atoms with E-state index in [-0.39, 0.29) is 11.6 Å². The van der Waals surface area contributed by atoms with Gasteiger partial charge in [-0.2, -0.15) is 5.10 Å². The predicted octanol–water partition coefficient (Wildman–Crippen LogP) is 3.78. The molecule has 7 nitrogen and oxygen atoms in total. The largest absolute Gasteiger partial charge is 0.494 e. The number of nitro groups is 1. The fraction of sp³-hybridized carbons (Fsp3) is 0.263. The van der Waals surface area contributed by atoms with Gasteiger partial charge in [0.2, 0.25) is 0 Å². The van der Waals surface area contributed by atoms with Crippen LogP contribution in [0.5, 0.6) is 5.75 Å². The summed E-state index contributed by atoms with van der Waals surface area (Å²) in [5, 5.41) is 14.4. The van der Waals surface area contributed by atoms with E-state index in [1.54, 1.807) is 36.4 Å². The molecule has 0 aliphatic heterocycles. The summed E-state index contributed by atoms with van der Waals surface area (Å²) in [6.07, 6.45) is 2.39. The minimum atomic E-state index is -0.473. The van der Waals surface area contributed by atoms with E-state index in [4.69, 9.17) is 4.74 Å². The first-order valence-electron chi connectivity index (χ1n) is 8.26. The maximum Gasteiger partial charge on any atom is 0.271 e. The SMILES string of the molecule is CC(C)CCOc1ccc(C(=O)N/N=C\c2ccc([N+](=O)[O-])cc2)cc1. The molecule has 1 amide bonds. The Morgan fingerprint density at radius 2 is 1.85 bits per heavy atom. The summed E-state index contributed by atoms with van der Waals surface area (Å²) in [7, 11) is 0. The van der Waals surface area contributed by atoms with E-state index in [1.165, 1.54) is 18.3 Å². The Morgan fingerprint density at radius 3 is 2.42 bits per heavy atom. The second-order valence-electron chi connectivity index (χ2n) is 6.10. The van der Waals surface area contributed by atoms with Crippen LogP contribution in [-0.2, 0) is 0 Å². The number of nitro benzene ring substituents is 1. The smallest absolute Gasteiger partial charge is 0.271 e. The molecule has 0 saturated heterocycles. The molecule has 26 heavy (non-hydrogen) atoms. The second-order valence-corrected chi connectivity index (χ2v) is 6.10. The van der Waals surface area contributed by atoms with Gasteiger partial charge in [0, 0.05) is 17.7 Å². The third-order valence-electron chi connectivity index (χ3n) is 3.56. The van der Waals surface area contributed by atoms with Crippen LogP contribution in [0.1, 0.15) is 36.2 Å². The van der Waals surface area contributed by atoms with Crippen molar-refractivity contribution in [3.8, 4) is 5.75 Å². The first-order chi connectivity index (χ1) is 12.5. The fourth-order valence-electron chi connectivity index (χ4n) is 2.03. The molecule has 1 N–H and O–H groups in total. The van der Waals surface area contributed by atoms with Crippen LogP contribution in [0.4, 0.5) is 5.69 Å². The van der Waals surface area contributed by atoms with Crippen molar-refractivity contribution in [1.82, 2.24) is 5.43 Å². The highest BCUT2D eigenvalue weighted by Crippen LogP contribution is 2.13.